The van der Waals surface area contributed by atoms with Crippen molar-refractivity contribution in [2.24, 2.45) is 11.3 Å². The van der Waals surface area contributed by atoms with Gasteiger partial charge in [-0.1, -0.05) is 38.8 Å². The summed E-state index contributed by atoms with van der Waals surface area (Å²) >= 11 is 0. The average molecular weight is 226 g/mol. The molecule has 0 aromatic rings. The molecule has 0 saturated heterocycles. The second-order valence-electron chi connectivity index (χ2n) is 5.93. The summed E-state index contributed by atoms with van der Waals surface area (Å²) in [6.45, 7) is 11.7. The Bertz CT molecular complexity index is 199. The Labute approximate surface area is 102 Å². The largest absolute Gasteiger partial charge is 0.396 e. The van der Waals surface area contributed by atoms with Gasteiger partial charge in [0.15, 0.2) is 0 Å². The first-order valence-electron chi connectivity index (χ1n) is 6.64. The molecule has 0 rings (SSSR count). The highest BCUT2D eigenvalue weighted by atomic mass is 16.2. The molecule has 0 bridgehead atoms. The lowest BCUT2D eigenvalue weighted by molar-refractivity contribution is 0.186. The predicted octanol–water partition coefficient (Wildman–Crippen LogP) is 4.56. The summed E-state index contributed by atoms with van der Waals surface area (Å²) < 4.78 is 0. The zero-order valence-corrected chi connectivity index (χ0v) is 11.8. The highest BCUT2D eigenvalue weighted by molar-refractivity contribution is 4.93. The predicted molar refractivity (Wildman–Crippen MR) is 72.5 cm³/mol. The molecule has 96 valence electrons. The van der Waals surface area contributed by atoms with Crippen LogP contribution in [-0.4, -0.2) is 11.7 Å². The van der Waals surface area contributed by atoms with Crippen LogP contribution in [0, 0.1) is 11.3 Å². The van der Waals surface area contributed by atoms with Crippen LogP contribution >= 0.6 is 0 Å². The third kappa shape index (κ3) is 7.05. The third-order valence-corrected chi connectivity index (χ3v) is 3.72. The van der Waals surface area contributed by atoms with E-state index in [1.54, 1.807) is 0 Å². The molecule has 0 spiro atoms. The molecule has 0 saturated carbocycles. The summed E-state index contributed by atoms with van der Waals surface area (Å²) in [4.78, 5) is 0. The lowest BCUT2D eigenvalue weighted by atomic mass is 9.74. The van der Waals surface area contributed by atoms with E-state index in [4.69, 9.17) is 5.11 Å². The van der Waals surface area contributed by atoms with Crippen LogP contribution in [0.3, 0.4) is 0 Å². The zero-order chi connectivity index (χ0) is 12.6. The number of unbranched alkanes of at least 4 members (excludes halogenated alkanes) is 1. The fraction of sp³-hybridized carbons (Fsp3) is 0.867. The molecule has 0 aliphatic carbocycles. The van der Waals surface area contributed by atoms with Gasteiger partial charge in [0.25, 0.3) is 0 Å². The number of aliphatic hydroxyl groups is 1. The highest BCUT2D eigenvalue weighted by Crippen LogP contribution is 2.35. The SMILES string of the molecule is CC(C)=CCCC(C)C(C)(C)CCCCO. The van der Waals surface area contributed by atoms with Gasteiger partial charge in [0.1, 0.15) is 0 Å². The summed E-state index contributed by atoms with van der Waals surface area (Å²) in [5, 5.41) is 8.80. The van der Waals surface area contributed by atoms with Crippen LogP contribution in [0.1, 0.15) is 66.7 Å². The highest BCUT2D eigenvalue weighted by Gasteiger charge is 2.24. The Kier molecular flexibility index (Phi) is 7.74. The fourth-order valence-corrected chi connectivity index (χ4v) is 1.95. The Balaban J connectivity index is 3.93. The van der Waals surface area contributed by atoms with E-state index in [1.165, 1.54) is 24.8 Å². The molecular weight excluding hydrogens is 196 g/mol. The van der Waals surface area contributed by atoms with Crippen molar-refractivity contribution in [2.45, 2.75) is 66.7 Å². The van der Waals surface area contributed by atoms with Crippen molar-refractivity contribution in [1.82, 2.24) is 0 Å². The topological polar surface area (TPSA) is 20.2 Å². The minimum atomic E-state index is 0.336. The normalized spacial score (nSPS) is 13.6. The lowest BCUT2D eigenvalue weighted by Gasteiger charge is -2.32. The number of allylic oxidation sites excluding steroid dienone is 2. The van der Waals surface area contributed by atoms with E-state index < -0.39 is 0 Å². The van der Waals surface area contributed by atoms with E-state index in [1.807, 2.05) is 0 Å². The summed E-state index contributed by atoms with van der Waals surface area (Å²) in [5.74, 6) is 0.752. The van der Waals surface area contributed by atoms with Gasteiger partial charge in [-0.2, -0.15) is 0 Å². The molecule has 1 N–H and O–H groups in total. The van der Waals surface area contributed by atoms with Crippen molar-refractivity contribution in [1.29, 1.82) is 0 Å². The summed E-state index contributed by atoms with van der Waals surface area (Å²) in [6, 6.07) is 0. The van der Waals surface area contributed by atoms with Crippen LogP contribution < -0.4 is 0 Å². The molecule has 0 aromatic heterocycles. The van der Waals surface area contributed by atoms with Gasteiger partial charge in [0, 0.05) is 6.61 Å². The lowest BCUT2D eigenvalue weighted by Crippen LogP contribution is -2.21. The van der Waals surface area contributed by atoms with Crippen LogP contribution in [0.4, 0.5) is 0 Å². The van der Waals surface area contributed by atoms with Gasteiger partial charge in [-0.3, -0.25) is 0 Å². The maximum atomic E-state index is 8.80. The van der Waals surface area contributed by atoms with Gasteiger partial charge < -0.3 is 5.11 Å². The van der Waals surface area contributed by atoms with Crippen molar-refractivity contribution in [2.75, 3.05) is 6.61 Å². The Hall–Kier alpha value is -0.300. The third-order valence-electron chi connectivity index (χ3n) is 3.72. The van der Waals surface area contributed by atoms with Crippen molar-refractivity contribution in [3.05, 3.63) is 11.6 Å². The molecule has 1 heteroatoms. The standard InChI is InChI=1S/C15H30O/c1-13(2)9-8-10-14(3)15(4,5)11-6-7-12-16/h9,14,16H,6-8,10-12H2,1-5H3. The molecule has 1 unspecified atom stereocenters. The van der Waals surface area contributed by atoms with Crippen LogP contribution in [0.15, 0.2) is 11.6 Å². The van der Waals surface area contributed by atoms with Crippen molar-refractivity contribution in [3.63, 3.8) is 0 Å². The van der Waals surface area contributed by atoms with Gasteiger partial charge in [0.05, 0.1) is 0 Å². The number of aliphatic hydroxyl groups excluding tert-OH is 1. The van der Waals surface area contributed by atoms with E-state index >= 15 is 0 Å². The molecule has 0 aromatic carbocycles. The van der Waals surface area contributed by atoms with Gasteiger partial charge in [-0.15, -0.1) is 0 Å². The number of hydrogen-bond acceptors (Lipinski definition) is 1. The molecule has 0 amide bonds. The molecule has 0 fully saturated rings. The van der Waals surface area contributed by atoms with E-state index in [9.17, 15) is 0 Å². The summed E-state index contributed by atoms with van der Waals surface area (Å²) in [5.41, 5.74) is 1.83. The van der Waals surface area contributed by atoms with E-state index in [0.29, 0.717) is 12.0 Å². The van der Waals surface area contributed by atoms with E-state index in [2.05, 4.69) is 40.7 Å². The van der Waals surface area contributed by atoms with Crippen LogP contribution in [-0.2, 0) is 0 Å². The smallest absolute Gasteiger partial charge is 0.0431 e. The molecule has 1 atom stereocenters. The molecule has 0 aliphatic heterocycles. The second kappa shape index (κ2) is 7.89. The number of hydrogen-bond donors (Lipinski definition) is 1. The van der Waals surface area contributed by atoms with Crippen LogP contribution in [0.25, 0.3) is 0 Å². The number of rotatable bonds is 8. The first-order chi connectivity index (χ1) is 7.40. The van der Waals surface area contributed by atoms with Gasteiger partial charge in [-0.25, -0.2) is 0 Å². The monoisotopic (exact) mass is 226 g/mol. The average Bonchev–Trinajstić information content (AvgIpc) is 2.17. The van der Waals surface area contributed by atoms with Crippen LogP contribution in [0.2, 0.25) is 0 Å². The molecule has 0 aliphatic rings. The first kappa shape index (κ1) is 15.7. The molecule has 0 radical (unpaired) electrons. The minimum absolute atomic E-state index is 0.336. The zero-order valence-electron chi connectivity index (χ0n) is 11.8. The summed E-state index contributed by atoms with van der Waals surface area (Å²) in [6.07, 6.45) is 8.13. The van der Waals surface area contributed by atoms with Crippen LogP contribution in [0.5, 0.6) is 0 Å². The molecule has 1 nitrogen and oxygen atoms in total. The quantitative estimate of drug-likeness (QED) is 0.475. The Morgan fingerprint density at radius 1 is 1.25 bits per heavy atom. The van der Waals surface area contributed by atoms with Crippen molar-refractivity contribution >= 4 is 0 Å². The van der Waals surface area contributed by atoms with Crippen molar-refractivity contribution in [3.8, 4) is 0 Å². The fourth-order valence-electron chi connectivity index (χ4n) is 1.95. The summed E-state index contributed by atoms with van der Waals surface area (Å²) in [7, 11) is 0. The molecular formula is C15H30O. The Morgan fingerprint density at radius 3 is 2.38 bits per heavy atom. The van der Waals surface area contributed by atoms with Gasteiger partial charge in [0.2, 0.25) is 0 Å². The maximum Gasteiger partial charge on any atom is 0.0431 e. The van der Waals surface area contributed by atoms with E-state index in [-0.39, 0.29) is 0 Å². The Morgan fingerprint density at radius 2 is 1.88 bits per heavy atom. The van der Waals surface area contributed by atoms with Crippen molar-refractivity contribution < 1.29 is 5.11 Å². The minimum Gasteiger partial charge on any atom is -0.396 e. The maximum absolute atomic E-state index is 8.80. The first-order valence-corrected chi connectivity index (χ1v) is 6.64. The second-order valence-corrected chi connectivity index (χ2v) is 5.93. The van der Waals surface area contributed by atoms with Gasteiger partial charge in [-0.05, 0) is 50.9 Å². The molecule has 0 heterocycles. The molecule has 16 heavy (non-hydrogen) atoms. The van der Waals surface area contributed by atoms with E-state index in [0.717, 1.165) is 18.8 Å². The van der Waals surface area contributed by atoms with Gasteiger partial charge >= 0.3 is 0 Å².